The summed E-state index contributed by atoms with van der Waals surface area (Å²) >= 11 is 5.88. The molecule has 3 N–H and O–H groups in total. The molecule has 0 amide bonds. The highest BCUT2D eigenvalue weighted by molar-refractivity contribution is 7.92. The van der Waals surface area contributed by atoms with Crippen molar-refractivity contribution in [3.05, 3.63) is 64.7 Å². The largest absolute Gasteiger partial charge is 0.394 e. The molecule has 3 rings (SSSR count). The van der Waals surface area contributed by atoms with Crippen molar-refractivity contribution < 1.29 is 13.5 Å². The number of sulfone groups is 1. The number of aliphatic hydroxyl groups excluding tert-OH is 1. The van der Waals surface area contributed by atoms with Gasteiger partial charge in [-0.3, -0.25) is 0 Å². The minimum absolute atomic E-state index is 0.229. The van der Waals surface area contributed by atoms with Gasteiger partial charge in [0.1, 0.15) is 0 Å². The Balaban J connectivity index is 2.01. The second-order valence-electron chi connectivity index (χ2n) is 6.08. The van der Waals surface area contributed by atoms with Crippen LogP contribution in [0.5, 0.6) is 0 Å². The lowest BCUT2D eigenvalue weighted by Crippen LogP contribution is -2.35. The number of hydrogen-bond acceptors (Lipinski definition) is 4. The smallest absolute Gasteiger partial charge is 0.183 e. The summed E-state index contributed by atoms with van der Waals surface area (Å²) in [7, 11) is -3.63. The van der Waals surface area contributed by atoms with E-state index in [1.807, 2.05) is 6.92 Å². The maximum atomic E-state index is 12.9. The highest BCUT2D eigenvalue weighted by Crippen LogP contribution is 2.55. The number of rotatable bonds is 4. The van der Waals surface area contributed by atoms with E-state index < -0.39 is 33.2 Å². The zero-order valence-corrected chi connectivity index (χ0v) is 14.2. The second kappa shape index (κ2) is 5.60. The van der Waals surface area contributed by atoms with E-state index in [4.69, 9.17) is 17.3 Å². The van der Waals surface area contributed by atoms with Gasteiger partial charge in [0.15, 0.2) is 9.84 Å². The van der Waals surface area contributed by atoms with Crippen LogP contribution in [-0.4, -0.2) is 30.9 Å². The van der Waals surface area contributed by atoms with Crippen molar-refractivity contribution in [1.29, 1.82) is 0 Å². The zero-order valence-electron chi connectivity index (χ0n) is 12.6. The highest BCUT2D eigenvalue weighted by Gasteiger charge is 2.69. The van der Waals surface area contributed by atoms with Crippen LogP contribution >= 0.6 is 11.6 Å². The number of hydrogen-bond donors (Lipinski definition) is 2. The van der Waals surface area contributed by atoms with Crippen LogP contribution in [0.25, 0.3) is 0 Å². The van der Waals surface area contributed by atoms with Crippen LogP contribution in [0.1, 0.15) is 17.0 Å². The number of nitrogens with two attached hydrogens (primary N) is 1. The summed E-state index contributed by atoms with van der Waals surface area (Å²) in [5.74, 6) is -0.448. The van der Waals surface area contributed by atoms with E-state index in [-0.39, 0.29) is 4.90 Å². The van der Waals surface area contributed by atoms with Gasteiger partial charge in [0, 0.05) is 10.9 Å². The third-order valence-corrected chi connectivity index (χ3v) is 7.05. The number of benzene rings is 2. The Morgan fingerprint density at radius 3 is 2.22 bits per heavy atom. The molecule has 0 saturated heterocycles. The maximum absolute atomic E-state index is 12.9. The summed E-state index contributed by atoms with van der Waals surface area (Å²) in [5.41, 5.74) is 6.78. The topological polar surface area (TPSA) is 80.4 Å². The van der Waals surface area contributed by atoms with Gasteiger partial charge in [-0.15, -0.1) is 0 Å². The molecule has 0 radical (unpaired) electrons. The fourth-order valence-electron chi connectivity index (χ4n) is 3.11. The molecule has 2 aromatic rings. The average Bonchev–Trinajstić information content (AvgIpc) is 3.16. The van der Waals surface area contributed by atoms with Gasteiger partial charge in [-0.25, -0.2) is 8.42 Å². The van der Waals surface area contributed by atoms with Gasteiger partial charge in [-0.1, -0.05) is 41.4 Å². The first-order chi connectivity index (χ1) is 10.8. The number of aryl methyl sites for hydroxylation is 1. The molecule has 6 heteroatoms. The minimum Gasteiger partial charge on any atom is -0.394 e. The lowest BCUT2D eigenvalue weighted by Gasteiger charge is -2.08. The van der Waals surface area contributed by atoms with Crippen LogP contribution < -0.4 is 5.73 Å². The molecular weight excluding hydrogens is 334 g/mol. The van der Waals surface area contributed by atoms with Crippen LogP contribution in [0.2, 0.25) is 5.02 Å². The van der Waals surface area contributed by atoms with Gasteiger partial charge >= 0.3 is 0 Å². The Morgan fingerprint density at radius 2 is 1.70 bits per heavy atom. The number of halogens is 1. The molecule has 0 aromatic heterocycles. The van der Waals surface area contributed by atoms with E-state index in [0.29, 0.717) is 5.02 Å². The molecule has 3 atom stereocenters. The minimum atomic E-state index is -3.63. The molecule has 1 aliphatic carbocycles. The van der Waals surface area contributed by atoms with E-state index in [1.165, 1.54) is 0 Å². The quantitative estimate of drug-likeness (QED) is 0.885. The lowest BCUT2D eigenvalue weighted by molar-refractivity contribution is 0.253. The molecule has 1 fully saturated rings. The normalized spacial score (nSPS) is 27.0. The third kappa shape index (κ3) is 2.68. The first-order valence-corrected chi connectivity index (χ1v) is 9.19. The summed E-state index contributed by atoms with van der Waals surface area (Å²) < 4.78 is 25.8. The predicted octanol–water partition coefficient (Wildman–Crippen LogP) is 2.28. The van der Waals surface area contributed by atoms with Crippen molar-refractivity contribution in [2.45, 2.75) is 28.5 Å². The van der Waals surface area contributed by atoms with Crippen molar-refractivity contribution in [2.75, 3.05) is 6.61 Å². The molecule has 23 heavy (non-hydrogen) atoms. The summed E-state index contributed by atoms with van der Waals surface area (Å²) in [5, 5.41) is 9.39. The fraction of sp³-hybridized carbons (Fsp3) is 0.294. The van der Waals surface area contributed by atoms with Gasteiger partial charge in [0.05, 0.1) is 22.3 Å². The Morgan fingerprint density at radius 1 is 1.13 bits per heavy atom. The molecule has 1 saturated carbocycles. The van der Waals surface area contributed by atoms with E-state index in [0.717, 1.165) is 11.1 Å². The van der Waals surface area contributed by atoms with Gasteiger partial charge < -0.3 is 10.8 Å². The van der Waals surface area contributed by atoms with Crippen molar-refractivity contribution in [1.82, 2.24) is 0 Å². The van der Waals surface area contributed by atoms with Crippen molar-refractivity contribution in [2.24, 2.45) is 5.73 Å². The summed E-state index contributed by atoms with van der Waals surface area (Å²) in [6, 6.07) is 13.6. The Labute approximate surface area is 140 Å². The molecule has 0 aliphatic heterocycles. The molecule has 122 valence electrons. The van der Waals surface area contributed by atoms with E-state index >= 15 is 0 Å². The molecule has 0 unspecified atom stereocenters. The maximum Gasteiger partial charge on any atom is 0.183 e. The van der Waals surface area contributed by atoms with Gasteiger partial charge in [0.25, 0.3) is 0 Å². The van der Waals surface area contributed by atoms with Gasteiger partial charge in [-0.2, -0.15) is 0 Å². The van der Waals surface area contributed by atoms with Gasteiger partial charge in [0.2, 0.25) is 0 Å². The SMILES string of the molecule is Cc1ccc(S(=O)(=O)[C@@H]2[C@@H](c3ccc(Cl)cc3)[C@@]2(N)CO)cc1. The number of aliphatic hydroxyl groups is 1. The zero-order chi connectivity index (χ0) is 16.8. The Kier molecular flexibility index (Phi) is 4.01. The van der Waals surface area contributed by atoms with Crippen LogP contribution in [0.3, 0.4) is 0 Å². The van der Waals surface area contributed by atoms with Gasteiger partial charge in [-0.05, 0) is 36.8 Å². The predicted molar refractivity (Wildman–Crippen MR) is 90.4 cm³/mol. The molecule has 0 heterocycles. The van der Waals surface area contributed by atoms with Crippen LogP contribution in [-0.2, 0) is 9.84 Å². The van der Waals surface area contributed by atoms with Crippen molar-refractivity contribution in [3.63, 3.8) is 0 Å². The summed E-state index contributed by atoms with van der Waals surface area (Å²) in [6.45, 7) is 1.50. The van der Waals surface area contributed by atoms with Crippen molar-refractivity contribution in [3.8, 4) is 0 Å². The van der Waals surface area contributed by atoms with Crippen LogP contribution in [0, 0.1) is 6.92 Å². The first-order valence-electron chi connectivity index (χ1n) is 7.26. The summed E-state index contributed by atoms with van der Waals surface area (Å²) in [4.78, 5) is 0.229. The Hall–Kier alpha value is -1.40. The molecule has 2 aromatic carbocycles. The highest BCUT2D eigenvalue weighted by atomic mass is 35.5. The van der Waals surface area contributed by atoms with Crippen molar-refractivity contribution >= 4 is 21.4 Å². The standard InChI is InChI=1S/C17H18ClNO3S/c1-11-2-8-14(9-3-11)23(21,22)16-15(17(16,19)10-20)12-4-6-13(18)7-5-12/h2-9,15-16,20H,10,19H2,1H3/t15-,16-,17+/m1/s1. The molecule has 0 spiro atoms. The first kappa shape index (κ1) is 16.5. The fourth-order valence-corrected chi connectivity index (χ4v) is 5.53. The molecule has 1 aliphatic rings. The van der Waals surface area contributed by atoms with Crippen LogP contribution in [0.4, 0.5) is 0 Å². The van der Waals surface area contributed by atoms with E-state index in [9.17, 15) is 13.5 Å². The van der Waals surface area contributed by atoms with Crippen LogP contribution in [0.15, 0.2) is 53.4 Å². The Bertz CT molecular complexity index is 818. The second-order valence-corrected chi connectivity index (χ2v) is 8.58. The molecule has 0 bridgehead atoms. The third-order valence-electron chi connectivity index (χ3n) is 4.49. The van der Waals surface area contributed by atoms with E-state index in [2.05, 4.69) is 0 Å². The molecular formula is C17H18ClNO3S. The average molecular weight is 352 g/mol. The van der Waals surface area contributed by atoms with E-state index in [1.54, 1.807) is 48.5 Å². The lowest BCUT2D eigenvalue weighted by atomic mass is 10.1. The molecule has 4 nitrogen and oxygen atoms in total. The summed E-state index contributed by atoms with van der Waals surface area (Å²) in [6.07, 6.45) is 0. The monoisotopic (exact) mass is 351 g/mol.